The molecular formula is C20H25F3N4O5. The first kappa shape index (κ1) is 23.9. The lowest BCUT2D eigenvalue weighted by Crippen LogP contribution is -2.61. The van der Waals surface area contributed by atoms with E-state index in [0.29, 0.717) is 32.1 Å². The highest BCUT2D eigenvalue weighted by Crippen LogP contribution is 2.58. The predicted molar refractivity (Wildman–Crippen MR) is 104 cm³/mol. The van der Waals surface area contributed by atoms with Gasteiger partial charge in [0.05, 0.1) is 12.6 Å². The lowest BCUT2D eigenvalue weighted by molar-refractivity contribution is -0.325. The van der Waals surface area contributed by atoms with Crippen molar-refractivity contribution >= 4 is 18.2 Å². The second kappa shape index (κ2) is 9.41. The third-order valence-corrected chi connectivity index (χ3v) is 6.05. The quantitative estimate of drug-likeness (QED) is 0.508. The number of amides is 3. The lowest BCUT2D eigenvalue weighted by atomic mass is 9.52. The number of carbonyl (C=O) groups excluding carboxylic acids is 3. The highest BCUT2D eigenvalue weighted by molar-refractivity contribution is 5.95. The van der Waals surface area contributed by atoms with Crippen LogP contribution in [-0.4, -0.2) is 66.3 Å². The number of nitrogens with one attached hydrogen (secondary N) is 1. The number of ether oxygens (including phenoxy) is 2. The molecule has 0 saturated heterocycles. The summed E-state index contributed by atoms with van der Waals surface area (Å²) in [6, 6.07) is 1.83. The Hall–Kier alpha value is -2.73. The average Bonchev–Trinajstić information content (AvgIpc) is 2.67. The first-order valence-corrected chi connectivity index (χ1v) is 10.1. The van der Waals surface area contributed by atoms with Crippen molar-refractivity contribution in [3.8, 4) is 5.88 Å². The fourth-order valence-electron chi connectivity index (χ4n) is 4.47. The van der Waals surface area contributed by atoms with Gasteiger partial charge in [0.25, 0.3) is 5.91 Å². The molecule has 1 spiro atoms. The van der Waals surface area contributed by atoms with Crippen molar-refractivity contribution in [3.05, 3.63) is 23.9 Å². The van der Waals surface area contributed by atoms with Gasteiger partial charge in [-0.1, -0.05) is 0 Å². The van der Waals surface area contributed by atoms with Crippen molar-refractivity contribution in [3.63, 3.8) is 0 Å². The van der Waals surface area contributed by atoms with E-state index in [1.165, 1.54) is 19.3 Å². The van der Waals surface area contributed by atoms with Crippen LogP contribution in [0.4, 0.5) is 13.2 Å². The van der Waals surface area contributed by atoms with Gasteiger partial charge in [-0.05, 0) is 56.7 Å². The highest BCUT2D eigenvalue weighted by atomic mass is 19.4. The summed E-state index contributed by atoms with van der Waals surface area (Å²) in [6.45, 7) is -0.693. The van der Waals surface area contributed by atoms with E-state index >= 15 is 0 Å². The molecule has 2 saturated carbocycles. The fraction of sp³-hybridized carbons (Fsp3) is 0.600. The Balaban J connectivity index is 1.49. The zero-order valence-electron chi connectivity index (χ0n) is 17.4. The second-order valence-electron chi connectivity index (χ2n) is 8.21. The van der Waals surface area contributed by atoms with E-state index in [-0.39, 0.29) is 35.4 Å². The van der Waals surface area contributed by atoms with Crippen LogP contribution in [0, 0.1) is 5.41 Å². The molecule has 0 aliphatic heterocycles. The largest absolute Gasteiger partial charge is 0.522 e. The Morgan fingerprint density at radius 3 is 2.62 bits per heavy atom. The number of nitrogens with two attached hydrogens (primary N) is 1. The van der Waals surface area contributed by atoms with Crippen molar-refractivity contribution in [2.45, 2.75) is 56.7 Å². The highest BCUT2D eigenvalue weighted by Gasteiger charge is 2.56. The van der Waals surface area contributed by atoms with Crippen LogP contribution in [-0.2, 0) is 14.3 Å². The zero-order chi connectivity index (χ0) is 23.5. The number of imide groups is 1. The Morgan fingerprint density at radius 2 is 2.06 bits per heavy atom. The van der Waals surface area contributed by atoms with Crippen LogP contribution in [0.5, 0.6) is 5.88 Å². The molecule has 0 aromatic carbocycles. The Bertz CT molecular complexity index is 852. The van der Waals surface area contributed by atoms with E-state index < -0.39 is 30.8 Å². The normalized spacial score (nSPS) is 25.4. The average molecular weight is 458 g/mol. The van der Waals surface area contributed by atoms with E-state index in [4.69, 9.17) is 10.5 Å². The van der Waals surface area contributed by atoms with Gasteiger partial charge in [0.1, 0.15) is 11.7 Å². The van der Waals surface area contributed by atoms with E-state index in [9.17, 15) is 27.6 Å². The molecule has 12 heteroatoms. The predicted octanol–water partition coefficient (Wildman–Crippen LogP) is 1.37. The molecular weight excluding hydrogens is 433 g/mol. The van der Waals surface area contributed by atoms with Crippen LogP contribution in [0.1, 0.15) is 42.5 Å². The summed E-state index contributed by atoms with van der Waals surface area (Å²) >= 11 is 0. The van der Waals surface area contributed by atoms with Crippen LogP contribution in [0.3, 0.4) is 0 Å². The number of halogens is 3. The van der Waals surface area contributed by atoms with Gasteiger partial charge >= 0.3 is 6.36 Å². The molecule has 0 radical (unpaired) electrons. The molecule has 9 nitrogen and oxygen atoms in total. The van der Waals surface area contributed by atoms with Crippen molar-refractivity contribution in [1.29, 1.82) is 0 Å². The molecule has 1 aromatic rings. The Labute approximate surface area is 182 Å². The summed E-state index contributed by atoms with van der Waals surface area (Å²) in [7, 11) is 1.44. The molecule has 3 amide bonds. The first-order valence-electron chi connectivity index (χ1n) is 10.1. The smallest absolute Gasteiger partial charge is 0.474 e. The maximum atomic E-state index is 12.6. The molecule has 2 aliphatic rings. The third-order valence-electron chi connectivity index (χ3n) is 6.05. The Morgan fingerprint density at radius 1 is 1.38 bits per heavy atom. The summed E-state index contributed by atoms with van der Waals surface area (Å²) in [5.41, 5.74) is 5.45. The second-order valence-corrected chi connectivity index (χ2v) is 8.21. The van der Waals surface area contributed by atoms with Gasteiger partial charge in [-0.2, -0.15) is 0 Å². The van der Waals surface area contributed by atoms with Gasteiger partial charge in [-0.25, -0.2) is 4.98 Å². The van der Waals surface area contributed by atoms with Crippen LogP contribution >= 0.6 is 0 Å². The molecule has 32 heavy (non-hydrogen) atoms. The molecule has 0 bridgehead atoms. The van der Waals surface area contributed by atoms with Crippen LogP contribution < -0.4 is 15.8 Å². The maximum absolute atomic E-state index is 12.6. The van der Waals surface area contributed by atoms with Crippen molar-refractivity contribution in [2.24, 2.45) is 11.1 Å². The van der Waals surface area contributed by atoms with E-state index in [1.54, 1.807) is 6.07 Å². The SMILES string of the molecule is CNC(CCOC(F)(F)F)C(=O)N(C=O)C1CC2(CC(Oc3ncccc3C(N)=O)C2)C1. The molecule has 3 rings (SSSR count). The van der Waals surface area contributed by atoms with E-state index in [2.05, 4.69) is 15.0 Å². The minimum atomic E-state index is -4.78. The Kier molecular flexibility index (Phi) is 7.03. The maximum Gasteiger partial charge on any atom is 0.522 e. The number of aromatic nitrogens is 1. The molecule has 176 valence electrons. The van der Waals surface area contributed by atoms with Gasteiger partial charge in [0, 0.05) is 12.2 Å². The van der Waals surface area contributed by atoms with Gasteiger partial charge in [0.2, 0.25) is 18.2 Å². The van der Waals surface area contributed by atoms with Crippen molar-refractivity contribution < 1.29 is 37.0 Å². The molecule has 1 atom stereocenters. The molecule has 2 aliphatic carbocycles. The van der Waals surface area contributed by atoms with Gasteiger partial charge in [-0.15, -0.1) is 13.2 Å². The minimum Gasteiger partial charge on any atom is -0.474 e. The number of alkyl halides is 3. The number of nitrogens with zero attached hydrogens (tertiary/aromatic N) is 2. The van der Waals surface area contributed by atoms with Crippen LogP contribution in [0.25, 0.3) is 0 Å². The lowest BCUT2D eigenvalue weighted by Gasteiger charge is -2.58. The summed E-state index contributed by atoms with van der Waals surface area (Å²) < 4.78 is 46.0. The van der Waals surface area contributed by atoms with Crippen molar-refractivity contribution in [1.82, 2.24) is 15.2 Å². The van der Waals surface area contributed by atoms with Gasteiger partial charge < -0.3 is 15.8 Å². The molecule has 1 unspecified atom stereocenters. The van der Waals surface area contributed by atoms with Crippen molar-refractivity contribution in [2.75, 3.05) is 13.7 Å². The van der Waals surface area contributed by atoms with Gasteiger partial charge in [-0.3, -0.25) is 24.0 Å². The van der Waals surface area contributed by atoms with E-state index in [0.717, 1.165) is 4.90 Å². The summed E-state index contributed by atoms with van der Waals surface area (Å²) in [4.78, 5) is 40.8. The summed E-state index contributed by atoms with van der Waals surface area (Å²) in [5, 5.41) is 2.64. The standard InChI is InChI=1S/C20H25F3N4O5/c1-25-15(4-6-31-20(21,22)23)18(30)27(11-28)12-7-19(8-12)9-13(10-19)32-17-14(16(24)29)3-2-5-26-17/h2-3,5,11-13,15,25H,4,6-10H2,1H3,(H2,24,29). The number of primary amides is 1. The number of likely N-dealkylation sites (N-methyl/N-ethyl adjacent to an activating group) is 1. The topological polar surface area (TPSA) is 124 Å². The minimum absolute atomic E-state index is 0.0763. The number of pyridine rings is 1. The van der Waals surface area contributed by atoms with Crippen LogP contribution in [0.2, 0.25) is 0 Å². The number of hydrogen-bond acceptors (Lipinski definition) is 7. The molecule has 1 heterocycles. The molecule has 3 N–H and O–H groups in total. The monoisotopic (exact) mass is 458 g/mol. The zero-order valence-corrected chi connectivity index (χ0v) is 17.4. The van der Waals surface area contributed by atoms with E-state index in [1.807, 2.05) is 0 Å². The number of hydrogen-bond donors (Lipinski definition) is 2. The van der Waals surface area contributed by atoms with Crippen LogP contribution in [0.15, 0.2) is 18.3 Å². The fourth-order valence-corrected chi connectivity index (χ4v) is 4.47. The summed E-state index contributed by atoms with van der Waals surface area (Å²) in [5.74, 6) is -1.04. The summed E-state index contributed by atoms with van der Waals surface area (Å²) in [6.07, 6.45) is -0.719. The number of rotatable bonds is 10. The first-order chi connectivity index (χ1) is 15.1. The van der Waals surface area contributed by atoms with Gasteiger partial charge in [0.15, 0.2) is 0 Å². The molecule has 1 aromatic heterocycles. The number of carbonyl (C=O) groups is 3. The molecule has 2 fully saturated rings. The third kappa shape index (κ3) is 5.36.